The van der Waals surface area contributed by atoms with E-state index in [1.165, 1.54) is 19.2 Å². The molecule has 6 nitrogen and oxygen atoms in total. The van der Waals surface area contributed by atoms with Gasteiger partial charge in [0.1, 0.15) is 11.8 Å². The van der Waals surface area contributed by atoms with Gasteiger partial charge in [-0.1, -0.05) is 13.8 Å². The molecule has 1 atom stereocenters. The molecule has 7 heteroatoms. The first-order chi connectivity index (χ1) is 11.2. The lowest BCUT2D eigenvalue weighted by molar-refractivity contribution is -0.133. The van der Waals surface area contributed by atoms with E-state index in [4.69, 9.17) is 4.74 Å². The number of rotatable bonds is 9. The Morgan fingerprint density at radius 1 is 1.17 bits per heavy atom. The first-order valence-corrected chi connectivity index (χ1v) is 9.68. The van der Waals surface area contributed by atoms with E-state index in [1.807, 2.05) is 27.7 Å². The maximum absolute atomic E-state index is 12.6. The number of benzene rings is 1. The first-order valence-electron chi connectivity index (χ1n) is 8.20. The van der Waals surface area contributed by atoms with Gasteiger partial charge in [0.05, 0.1) is 12.0 Å². The van der Waals surface area contributed by atoms with E-state index >= 15 is 0 Å². The SMILES string of the molecule is CCN(CC)C(=O)C(CC(C)C)NS(=O)(=O)c1ccc(OC)cc1. The van der Waals surface area contributed by atoms with Gasteiger partial charge in [0, 0.05) is 13.1 Å². The third-order valence-corrected chi connectivity index (χ3v) is 5.24. The van der Waals surface area contributed by atoms with Crippen LogP contribution in [-0.4, -0.2) is 45.5 Å². The van der Waals surface area contributed by atoms with Gasteiger partial charge in [-0.3, -0.25) is 4.79 Å². The molecule has 1 rings (SSSR count). The van der Waals surface area contributed by atoms with Crippen LogP contribution in [0.25, 0.3) is 0 Å². The lowest BCUT2D eigenvalue weighted by atomic mass is 10.0. The summed E-state index contributed by atoms with van der Waals surface area (Å²) in [6.45, 7) is 8.79. The Balaban J connectivity index is 3.04. The molecule has 1 N–H and O–H groups in total. The Morgan fingerprint density at radius 2 is 1.71 bits per heavy atom. The summed E-state index contributed by atoms with van der Waals surface area (Å²) in [5.74, 6) is 0.575. The molecule has 0 fully saturated rings. The summed E-state index contributed by atoms with van der Waals surface area (Å²) < 4.78 is 32.8. The highest BCUT2D eigenvalue weighted by Crippen LogP contribution is 2.17. The lowest BCUT2D eigenvalue weighted by Gasteiger charge is -2.26. The van der Waals surface area contributed by atoms with E-state index < -0.39 is 16.1 Å². The predicted molar refractivity (Wildman–Crippen MR) is 94.5 cm³/mol. The summed E-state index contributed by atoms with van der Waals surface area (Å²) in [5.41, 5.74) is 0. The van der Waals surface area contributed by atoms with Gasteiger partial charge in [-0.2, -0.15) is 4.72 Å². The first kappa shape index (κ1) is 20.4. The third-order valence-electron chi connectivity index (χ3n) is 3.75. The summed E-state index contributed by atoms with van der Waals surface area (Å²) in [6.07, 6.45) is 0.449. The maximum Gasteiger partial charge on any atom is 0.241 e. The number of nitrogens with one attached hydrogen (secondary N) is 1. The van der Waals surface area contributed by atoms with Crippen molar-refractivity contribution in [3.05, 3.63) is 24.3 Å². The summed E-state index contributed by atoms with van der Waals surface area (Å²) in [7, 11) is -2.26. The molecule has 1 unspecified atom stereocenters. The van der Waals surface area contributed by atoms with Crippen molar-refractivity contribution in [2.24, 2.45) is 5.92 Å². The van der Waals surface area contributed by atoms with Crippen LogP contribution in [0.1, 0.15) is 34.1 Å². The fraction of sp³-hybridized carbons (Fsp3) is 0.588. The van der Waals surface area contributed by atoms with E-state index in [0.29, 0.717) is 25.3 Å². The molecule has 0 aliphatic heterocycles. The topological polar surface area (TPSA) is 75.7 Å². The zero-order valence-electron chi connectivity index (χ0n) is 15.1. The van der Waals surface area contributed by atoms with Crippen LogP contribution >= 0.6 is 0 Å². The Hall–Kier alpha value is -1.60. The number of hydrogen-bond donors (Lipinski definition) is 1. The fourth-order valence-corrected chi connectivity index (χ4v) is 3.64. The molecule has 0 saturated carbocycles. The van der Waals surface area contributed by atoms with Crippen molar-refractivity contribution in [3.8, 4) is 5.75 Å². The highest BCUT2D eigenvalue weighted by molar-refractivity contribution is 7.89. The molecule has 0 heterocycles. The molecule has 0 aliphatic carbocycles. The largest absolute Gasteiger partial charge is 0.497 e. The minimum Gasteiger partial charge on any atom is -0.497 e. The second-order valence-corrected chi connectivity index (χ2v) is 7.70. The van der Waals surface area contributed by atoms with Crippen molar-refractivity contribution in [3.63, 3.8) is 0 Å². The quantitative estimate of drug-likeness (QED) is 0.736. The van der Waals surface area contributed by atoms with Crippen molar-refractivity contribution in [2.45, 2.75) is 45.1 Å². The lowest BCUT2D eigenvalue weighted by Crippen LogP contribution is -2.49. The van der Waals surface area contributed by atoms with Gasteiger partial charge >= 0.3 is 0 Å². The van der Waals surface area contributed by atoms with Crippen molar-refractivity contribution in [2.75, 3.05) is 20.2 Å². The summed E-state index contributed by atoms with van der Waals surface area (Å²) in [6, 6.07) is 5.33. The molecular formula is C17H28N2O4S. The number of likely N-dealkylation sites (N-methyl/N-ethyl adjacent to an activating group) is 1. The number of methoxy groups -OCH3 is 1. The molecule has 1 aromatic rings. The van der Waals surface area contributed by atoms with Crippen LogP contribution in [0.4, 0.5) is 0 Å². The minimum absolute atomic E-state index is 0.115. The zero-order valence-corrected chi connectivity index (χ0v) is 15.9. The van der Waals surface area contributed by atoms with Gasteiger partial charge < -0.3 is 9.64 Å². The van der Waals surface area contributed by atoms with Gasteiger partial charge in [-0.15, -0.1) is 0 Å². The summed E-state index contributed by atoms with van der Waals surface area (Å²) >= 11 is 0. The molecule has 0 aliphatic rings. The zero-order chi connectivity index (χ0) is 18.3. The number of amides is 1. The molecule has 0 aromatic heterocycles. The van der Waals surface area contributed by atoms with Crippen molar-refractivity contribution in [1.82, 2.24) is 9.62 Å². The van der Waals surface area contributed by atoms with Crippen LogP contribution in [0.2, 0.25) is 0 Å². The normalized spacial score (nSPS) is 12.9. The Kier molecular flexibility index (Phi) is 7.69. The molecular weight excluding hydrogens is 328 g/mol. The monoisotopic (exact) mass is 356 g/mol. The van der Waals surface area contributed by atoms with E-state index in [2.05, 4.69) is 4.72 Å². The molecule has 1 amide bonds. The second-order valence-electron chi connectivity index (χ2n) is 5.99. The Morgan fingerprint density at radius 3 is 2.12 bits per heavy atom. The summed E-state index contributed by atoms with van der Waals surface area (Å²) in [4.78, 5) is 14.4. The number of nitrogens with zero attached hydrogens (tertiary/aromatic N) is 1. The average Bonchev–Trinajstić information content (AvgIpc) is 2.54. The molecule has 136 valence electrons. The van der Waals surface area contributed by atoms with E-state index in [9.17, 15) is 13.2 Å². The summed E-state index contributed by atoms with van der Waals surface area (Å²) in [5, 5.41) is 0. The average molecular weight is 356 g/mol. The number of carbonyl (C=O) groups is 1. The second kappa shape index (κ2) is 9.03. The molecule has 0 saturated heterocycles. The van der Waals surface area contributed by atoms with Gasteiger partial charge in [0.2, 0.25) is 15.9 Å². The van der Waals surface area contributed by atoms with Crippen LogP contribution < -0.4 is 9.46 Å². The van der Waals surface area contributed by atoms with Crippen LogP contribution in [0, 0.1) is 5.92 Å². The number of ether oxygens (including phenoxy) is 1. The van der Waals surface area contributed by atoms with Gasteiger partial charge in [-0.25, -0.2) is 8.42 Å². The smallest absolute Gasteiger partial charge is 0.241 e. The number of carbonyl (C=O) groups excluding carboxylic acids is 1. The van der Waals surface area contributed by atoms with Crippen molar-refractivity contribution in [1.29, 1.82) is 0 Å². The van der Waals surface area contributed by atoms with Crippen molar-refractivity contribution < 1.29 is 17.9 Å². The van der Waals surface area contributed by atoms with Crippen LogP contribution in [0.5, 0.6) is 5.75 Å². The van der Waals surface area contributed by atoms with E-state index in [-0.39, 0.29) is 16.7 Å². The Labute approximate surface area is 145 Å². The van der Waals surface area contributed by atoms with Crippen LogP contribution in [0.15, 0.2) is 29.2 Å². The fourth-order valence-electron chi connectivity index (χ4n) is 2.44. The molecule has 0 bridgehead atoms. The standard InChI is InChI=1S/C17H28N2O4S/c1-6-19(7-2)17(20)16(12-13(3)4)18-24(21,22)15-10-8-14(23-5)9-11-15/h8-11,13,16,18H,6-7,12H2,1-5H3. The minimum atomic E-state index is -3.78. The van der Waals surface area contributed by atoms with Crippen LogP contribution in [-0.2, 0) is 14.8 Å². The number of sulfonamides is 1. The van der Waals surface area contributed by atoms with Crippen LogP contribution in [0.3, 0.4) is 0 Å². The van der Waals surface area contributed by atoms with Gasteiger partial charge in [0.25, 0.3) is 0 Å². The molecule has 0 spiro atoms. The van der Waals surface area contributed by atoms with E-state index in [0.717, 1.165) is 0 Å². The predicted octanol–water partition coefficient (Wildman–Crippen LogP) is 2.26. The van der Waals surface area contributed by atoms with Crippen molar-refractivity contribution >= 4 is 15.9 Å². The molecule has 0 radical (unpaired) electrons. The molecule has 1 aromatic carbocycles. The highest BCUT2D eigenvalue weighted by Gasteiger charge is 2.28. The Bertz CT molecular complexity index is 622. The number of hydrogen-bond acceptors (Lipinski definition) is 4. The third kappa shape index (κ3) is 5.49. The van der Waals surface area contributed by atoms with E-state index in [1.54, 1.807) is 17.0 Å². The van der Waals surface area contributed by atoms with Gasteiger partial charge in [-0.05, 0) is 50.5 Å². The maximum atomic E-state index is 12.6. The molecule has 24 heavy (non-hydrogen) atoms. The van der Waals surface area contributed by atoms with Gasteiger partial charge in [0.15, 0.2) is 0 Å². The highest BCUT2D eigenvalue weighted by atomic mass is 32.2.